The third-order valence-electron chi connectivity index (χ3n) is 4.29. The summed E-state index contributed by atoms with van der Waals surface area (Å²) in [6.45, 7) is 0.545. The van der Waals surface area contributed by atoms with E-state index >= 15 is 0 Å². The van der Waals surface area contributed by atoms with E-state index in [-0.39, 0.29) is 18.8 Å². The molecule has 1 fully saturated rings. The van der Waals surface area contributed by atoms with Crippen LogP contribution in [0.5, 0.6) is 0 Å². The van der Waals surface area contributed by atoms with Crippen LogP contribution in [0.2, 0.25) is 0 Å². The fraction of sp³-hybridized carbons (Fsp3) is 0.571. The number of nitrogen functional groups attached to an aromatic ring is 1. The number of nitrogens with two attached hydrogens (primary N) is 2. The Morgan fingerprint density at radius 1 is 1.35 bits per heavy atom. The highest BCUT2D eigenvalue weighted by Crippen LogP contribution is 2.31. The highest BCUT2D eigenvalue weighted by Gasteiger charge is 2.44. The lowest BCUT2D eigenvalue weighted by Crippen LogP contribution is -2.40. The zero-order chi connectivity index (χ0) is 18.8. The van der Waals surface area contributed by atoms with Gasteiger partial charge in [-0.15, -0.1) is 0 Å². The molecule has 12 heteroatoms. The van der Waals surface area contributed by atoms with Gasteiger partial charge in [-0.1, -0.05) is 0 Å². The van der Waals surface area contributed by atoms with Gasteiger partial charge in [-0.2, -0.15) is 0 Å². The van der Waals surface area contributed by atoms with E-state index in [2.05, 4.69) is 20.3 Å². The zero-order valence-corrected chi connectivity index (χ0v) is 13.8. The maximum atomic E-state index is 10.7. The van der Waals surface area contributed by atoms with E-state index in [1.54, 1.807) is 0 Å². The minimum absolute atomic E-state index is 0.203. The number of aliphatic hydroxyl groups excluding tert-OH is 2. The Kier molecular flexibility index (Phi) is 5.29. The van der Waals surface area contributed by atoms with Crippen molar-refractivity contribution in [1.29, 1.82) is 0 Å². The summed E-state index contributed by atoms with van der Waals surface area (Å²) in [6, 6.07) is -0.960. The molecule has 0 radical (unpaired) electrons. The van der Waals surface area contributed by atoms with Gasteiger partial charge in [0.2, 0.25) is 0 Å². The number of carbonyl (C=O) groups is 1. The third kappa shape index (κ3) is 3.45. The largest absolute Gasteiger partial charge is 0.480 e. The van der Waals surface area contributed by atoms with Crippen LogP contribution in [0, 0.1) is 0 Å². The number of carboxylic acids is 1. The lowest BCUT2D eigenvalue weighted by Gasteiger charge is -2.16. The lowest BCUT2D eigenvalue weighted by atomic mass is 10.1. The van der Waals surface area contributed by atoms with Gasteiger partial charge in [0, 0.05) is 6.54 Å². The maximum absolute atomic E-state index is 10.7. The van der Waals surface area contributed by atoms with Crippen LogP contribution in [-0.4, -0.2) is 78.3 Å². The Bertz CT molecular complexity index is 784. The predicted octanol–water partition coefficient (Wildman–Crippen LogP) is -2.58. The SMILES string of the molecule is Nc1ncnc2c1ncn2[C@@H]1O[C@H](CNCCC(N)C(=O)O)[C@@H](O)[C@H]1O. The topological polar surface area (TPSA) is 195 Å². The van der Waals surface area contributed by atoms with Gasteiger partial charge in [0.25, 0.3) is 0 Å². The molecule has 12 nitrogen and oxygen atoms in total. The van der Waals surface area contributed by atoms with Gasteiger partial charge < -0.3 is 36.8 Å². The number of fused-ring (bicyclic) bond motifs is 1. The van der Waals surface area contributed by atoms with Crippen LogP contribution in [0.1, 0.15) is 12.6 Å². The Hall–Kier alpha value is -2.38. The van der Waals surface area contributed by atoms with Crippen molar-refractivity contribution in [2.45, 2.75) is 37.0 Å². The first-order valence-corrected chi connectivity index (χ1v) is 8.04. The maximum Gasteiger partial charge on any atom is 0.320 e. The minimum Gasteiger partial charge on any atom is -0.480 e. The molecule has 1 aliphatic rings. The number of rotatable bonds is 7. The molecule has 0 aromatic carbocycles. The average molecular weight is 367 g/mol. The minimum atomic E-state index is -1.20. The number of nitrogens with one attached hydrogen (secondary N) is 1. The van der Waals surface area contributed by atoms with Crippen molar-refractivity contribution in [2.24, 2.45) is 5.73 Å². The molecule has 26 heavy (non-hydrogen) atoms. The molecule has 142 valence electrons. The molecule has 2 aromatic heterocycles. The molecule has 3 heterocycles. The molecule has 2 aromatic rings. The first kappa shape index (κ1) is 18.4. The number of aromatic nitrogens is 4. The van der Waals surface area contributed by atoms with Crippen molar-refractivity contribution >= 4 is 23.0 Å². The second-order valence-corrected chi connectivity index (χ2v) is 6.07. The normalized spacial score (nSPS) is 27.0. The molecule has 0 amide bonds. The van der Waals surface area contributed by atoms with Gasteiger partial charge in [0.1, 0.15) is 36.2 Å². The van der Waals surface area contributed by atoms with Crippen molar-refractivity contribution in [3.8, 4) is 0 Å². The fourth-order valence-electron chi connectivity index (χ4n) is 2.81. The molecule has 0 bridgehead atoms. The lowest BCUT2D eigenvalue weighted by molar-refractivity contribution is -0.138. The van der Waals surface area contributed by atoms with Gasteiger partial charge in [0.05, 0.1) is 6.33 Å². The first-order chi connectivity index (χ1) is 12.4. The highest BCUT2D eigenvalue weighted by atomic mass is 16.6. The summed E-state index contributed by atoms with van der Waals surface area (Å²) in [5, 5.41) is 32.3. The fourth-order valence-corrected chi connectivity index (χ4v) is 2.81. The molecule has 5 atom stereocenters. The highest BCUT2D eigenvalue weighted by molar-refractivity contribution is 5.81. The van der Waals surface area contributed by atoms with Gasteiger partial charge >= 0.3 is 5.97 Å². The number of aliphatic carboxylic acids is 1. The summed E-state index contributed by atoms with van der Waals surface area (Å²) < 4.78 is 7.23. The number of nitrogens with zero attached hydrogens (tertiary/aromatic N) is 4. The van der Waals surface area contributed by atoms with Crippen LogP contribution in [0.3, 0.4) is 0 Å². The number of anilines is 1. The summed E-state index contributed by atoms with van der Waals surface area (Å²) in [5.74, 6) is -0.873. The van der Waals surface area contributed by atoms with E-state index in [1.165, 1.54) is 17.2 Å². The van der Waals surface area contributed by atoms with Crippen molar-refractivity contribution in [3.05, 3.63) is 12.7 Å². The van der Waals surface area contributed by atoms with Crippen molar-refractivity contribution in [2.75, 3.05) is 18.8 Å². The van der Waals surface area contributed by atoms with Gasteiger partial charge in [-0.3, -0.25) is 9.36 Å². The van der Waals surface area contributed by atoms with E-state index in [9.17, 15) is 15.0 Å². The summed E-state index contributed by atoms with van der Waals surface area (Å²) >= 11 is 0. The van der Waals surface area contributed by atoms with Crippen LogP contribution in [0.4, 0.5) is 5.82 Å². The van der Waals surface area contributed by atoms with Gasteiger partial charge in [0.15, 0.2) is 17.7 Å². The van der Waals surface area contributed by atoms with Crippen LogP contribution in [0.15, 0.2) is 12.7 Å². The Morgan fingerprint density at radius 3 is 2.85 bits per heavy atom. The summed E-state index contributed by atoms with van der Waals surface area (Å²) in [5.41, 5.74) is 11.9. The van der Waals surface area contributed by atoms with E-state index in [4.69, 9.17) is 21.3 Å². The third-order valence-corrected chi connectivity index (χ3v) is 4.29. The van der Waals surface area contributed by atoms with E-state index in [0.717, 1.165) is 0 Å². The van der Waals surface area contributed by atoms with E-state index < -0.39 is 36.6 Å². The Morgan fingerprint density at radius 2 is 2.12 bits per heavy atom. The molecular weight excluding hydrogens is 346 g/mol. The summed E-state index contributed by atoms with van der Waals surface area (Å²) in [4.78, 5) is 22.7. The van der Waals surface area contributed by atoms with Crippen molar-refractivity contribution in [3.63, 3.8) is 0 Å². The number of hydrogen-bond acceptors (Lipinski definition) is 10. The van der Waals surface area contributed by atoms with Gasteiger partial charge in [-0.05, 0) is 13.0 Å². The molecule has 1 aliphatic heterocycles. The van der Waals surface area contributed by atoms with Crippen molar-refractivity contribution in [1.82, 2.24) is 24.8 Å². The van der Waals surface area contributed by atoms with Crippen LogP contribution < -0.4 is 16.8 Å². The smallest absolute Gasteiger partial charge is 0.320 e. The number of imidazole rings is 1. The van der Waals surface area contributed by atoms with Crippen molar-refractivity contribution < 1.29 is 24.9 Å². The summed E-state index contributed by atoms with van der Waals surface area (Å²) in [6.07, 6.45) is -1.01. The number of ether oxygens (including phenoxy) is 1. The quantitative estimate of drug-likeness (QED) is 0.281. The number of hydrogen-bond donors (Lipinski definition) is 6. The van der Waals surface area contributed by atoms with Crippen LogP contribution >= 0.6 is 0 Å². The number of aliphatic hydroxyl groups is 2. The van der Waals surface area contributed by atoms with E-state index in [1.807, 2.05) is 0 Å². The molecule has 1 saturated heterocycles. The molecule has 0 spiro atoms. The average Bonchev–Trinajstić information content (AvgIpc) is 3.15. The molecule has 8 N–H and O–H groups in total. The first-order valence-electron chi connectivity index (χ1n) is 8.04. The molecule has 0 saturated carbocycles. The van der Waals surface area contributed by atoms with Crippen LogP contribution in [0.25, 0.3) is 11.2 Å². The summed E-state index contributed by atoms with van der Waals surface area (Å²) in [7, 11) is 0. The standard InChI is InChI=1S/C14H21N7O5/c15-6(14(24)25)1-2-17-3-7-9(22)10(23)13(26-7)21-5-20-8-11(16)18-4-19-12(8)21/h4-7,9-10,13,17,22-23H,1-3,15H2,(H,24,25)(H2,16,18,19)/t6?,7-,9-,10-,13-/m1/s1. The molecule has 3 rings (SSSR count). The molecule has 1 unspecified atom stereocenters. The number of carboxylic acid groups (broad SMARTS) is 1. The zero-order valence-electron chi connectivity index (χ0n) is 13.8. The molecular formula is C14H21N7O5. The Balaban J connectivity index is 1.64. The second-order valence-electron chi connectivity index (χ2n) is 6.07. The molecule has 0 aliphatic carbocycles. The monoisotopic (exact) mass is 367 g/mol. The van der Waals surface area contributed by atoms with E-state index in [0.29, 0.717) is 17.7 Å². The predicted molar refractivity (Wildman–Crippen MR) is 88.8 cm³/mol. The van der Waals surface area contributed by atoms with Crippen LogP contribution in [-0.2, 0) is 9.53 Å². The second kappa shape index (κ2) is 7.47. The van der Waals surface area contributed by atoms with Gasteiger partial charge in [-0.25, -0.2) is 15.0 Å². The Labute approximate surface area is 147 Å².